The van der Waals surface area contributed by atoms with Crippen LogP contribution in [0.25, 0.3) is 16.7 Å². The number of nitrogens with zero attached hydrogens (tertiary/aromatic N) is 5. The Kier molecular flexibility index (Phi) is 7.27. The standard InChI is InChI=1S/C22H33N7O2/c1-14(2)19(28(4)5)22(30)24-12-8-7-11-23-20-21-27-26-15(3)29(21)18-10-9-16(31-6)13-17(18)25-20/h9-10,13-14,19H,7-8,11-12H2,1-6H3,(H,23,25)(H,24,30)/t19-/m1/s1. The zero-order valence-electron chi connectivity index (χ0n) is 19.3. The minimum absolute atomic E-state index is 0.0822. The molecule has 0 aliphatic rings. The van der Waals surface area contributed by atoms with Crippen LogP contribution in [0.1, 0.15) is 32.5 Å². The molecule has 9 nitrogen and oxygen atoms in total. The van der Waals surface area contributed by atoms with E-state index in [1.807, 2.05) is 48.5 Å². The van der Waals surface area contributed by atoms with Gasteiger partial charge in [-0.05, 0) is 51.9 Å². The molecule has 2 N–H and O–H groups in total. The molecule has 0 aliphatic carbocycles. The summed E-state index contributed by atoms with van der Waals surface area (Å²) in [5.41, 5.74) is 2.45. The van der Waals surface area contributed by atoms with Crippen molar-refractivity contribution >= 4 is 28.4 Å². The quantitative estimate of drug-likeness (QED) is 0.480. The van der Waals surface area contributed by atoms with Crippen LogP contribution >= 0.6 is 0 Å². The summed E-state index contributed by atoms with van der Waals surface area (Å²) < 4.78 is 7.34. The molecule has 1 aromatic carbocycles. The number of aryl methyl sites for hydroxylation is 1. The van der Waals surface area contributed by atoms with Crippen LogP contribution in [-0.2, 0) is 4.79 Å². The van der Waals surface area contributed by atoms with E-state index in [0.29, 0.717) is 18.0 Å². The fraction of sp³-hybridized carbons (Fsp3) is 0.545. The van der Waals surface area contributed by atoms with Gasteiger partial charge in [-0.15, -0.1) is 10.2 Å². The van der Waals surface area contributed by atoms with Crippen molar-refractivity contribution in [3.8, 4) is 5.75 Å². The molecule has 1 atom stereocenters. The molecule has 9 heteroatoms. The topological polar surface area (TPSA) is 96.7 Å². The van der Waals surface area contributed by atoms with Gasteiger partial charge in [0.1, 0.15) is 11.6 Å². The lowest BCUT2D eigenvalue weighted by atomic mass is 10.0. The van der Waals surface area contributed by atoms with E-state index in [1.165, 1.54) is 0 Å². The summed E-state index contributed by atoms with van der Waals surface area (Å²) in [5.74, 6) is 2.60. The molecule has 0 saturated carbocycles. The van der Waals surface area contributed by atoms with Gasteiger partial charge < -0.3 is 15.4 Å². The minimum Gasteiger partial charge on any atom is -0.497 e. The van der Waals surface area contributed by atoms with Crippen molar-refractivity contribution in [1.29, 1.82) is 0 Å². The molecule has 0 bridgehead atoms. The first kappa shape index (κ1) is 22.7. The van der Waals surface area contributed by atoms with E-state index in [9.17, 15) is 4.79 Å². The van der Waals surface area contributed by atoms with E-state index in [0.717, 1.165) is 42.0 Å². The number of hydrogen-bond acceptors (Lipinski definition) is 7. The number of nitrogens with one attached hydrogen (secondary N) is 2. The van der Waals surface area contributed by atoms with Crippen LogP contribution in [0.2, 0.25) is 0 Å². The van der Waals surface area contributed by atoms with Crippen molar-refractivity contribution < 1.29 is 9.53 Å². The van der Waals surface area contributed by atoms with Crippen LogP contribution in [0.4, 0.5) is 5.82 Å². The third-order valence-electron chi connectivity index (χ3n) is 5.34. The summed E-state index contributed by atoms with van der Waals surface area (Å²) in [6.45, 7) is 7.43. The highest BCUT2D eigenvalue weighted by Crippen LogP contribution is 2.25. The fourth-order valence-corrected chi connectivity index (χ4v) is 3.91. The molecule has 0 aliphatic heterocycles. The van der Waals surface area contributed by atoms with Gasteiger partial charge in [0.25, 0.3) is 0 Å². The van der Waals surface area contributed by atoms with Crippen molar-refractivity contribution in [2.45, 2.75) is 39.7 Å². The van der Waals surface area contributed by atoms with Crippen LogP contribution in [0.15, 0.2) is 18.2 Å². The van der Waals surface area contributed by atoms with Crippen LogP contribution in [0, 0.1) is 12.8 Å². The number of fused-ring (bicyclic) bond motifs is 3. The first-order valence-electron chi connectivity index (χ1n) is 10.7. The van der Waals surface area contributed by atoms with E-state index < -0.39 is 0 Å². The molecule has 31 heavy (non-hydrogen) atoms. The van der Waals surface area contributed by atoms with Gasteiger partial charge in [-0.25, -0.2) is 4.98 Å². The summed E-state index contributed by atoms with van der Waals surface area (Å²) in [6.07, 6.45) is 1.77. The number of likely N-dealkylation sites (N-methyl/N-ethyl adjacent to an activating group) is 1. The predicted molar refractivity (Wildman–Crippen MR) is 123 cm³/mol. The number of anilines is 1. The van der Waals surface area contributed by atoms with E-state index in [2.05, 4.69) is 34.7 Å². The maximum atomic E-state index is 12.4. The number of ether oxygens (including phenoxy) is 1. The Hall–Kier alpha value is -2.94. The van der Waals surface area contributed by atoms with E-state index in [-0.39, 0.29) is 17.9 Å². The highest BCUT2D eigenvalue weighted by molar-refractivity contribution is 5.84. The smallest absolute Gasteiger partial charge is 0.237 e. The summed E-state index contributed by atoms with van der Waals surface area (Å²) >= 11 is 0. The SMILES string of the molecule is COc1ccc2c(c1)nc(NCCCCNC(=O)[C@@H](C(C)C)N(C)C)c1nnc(C)n12. The molecule has 3 rings (SSSR count). The third-order valence-corrected chi connectivity index (χ3v) is 5.34. The van der Waals surface area contributed by atoms with Gasteiger partial charge in [-0.1, -0.05) is 13.8 Å². The summed E-state index contributed by atoms with van der Waals surface area (Å²) in [4.78, 5) is 19.1. The number of unbranched alkanes of at least 4 members (excludes halogenated alkanes) is 1. The van der Waals surface area contributed by atoms with E-state index in [1.54, 1.807) is 7.11 Å². The van der Waals surface area contributed by atoms with Crippen molar-refractivity contribution in [3.63, 3.8) is 0 Å². The molecular formula is C22H33N7O2. The van der Waals surface area contributed by atoms with Crippen molar-refractivity contribution in [1.82, 2.24) is 29.8 Å². The van der Waals surface area contributed by atoms with Gasteiger partial charge in [0.15, 0.2) is 5.82 Å². The number of methoxy groups -OCH3 is 1. The molecule has 0 fully saturated rings. The average Bonchev–Trinajstić information content (AvgIpc) is 3.11. The lowest BCUT2D eigenvalue weighted by Gasteiger charge is -2.26. The Balaban J connectivity index is 1.60. The maximum absolute atomic E-state index is 12.4. The average molecular weight is 428 g/mol. The molecule has 0 saturated heterocycles. The zero-order chi connectivity index (χ0) is 22.5. The van der Waals surface area contributed by atoms with Crippen LogP contribution < -0.4 is 15.4 Å². The number of benzene rings is 1. The molecule has 0 radical (unpaired) electrons. The lowest BCUT2D eigenvalue weighted by Crippen LogP contribution is -2.46. The van der Waals surface area contributed by atoms with E-state index >= 15 is 0 Å². The molecular weight excluding hydrogens is 394 g/mol. The molecule has 2 heterocycles. The van der Waals surface area contributed by atoms with Gasteiger partial charge in [0, 0.05) is 19.2 Å². The maximum Gasteiger partial charge on any atom is 0.237 e. The Morgan fingerprint density at radius 3 is 2.61 bits per heavy atom. The second-order valence-electron chi connectivity index (χ2n) is 8.30. The first-order chi connectivity index (χ1) is 14.8. The Morgan fingerprint density at radius 2 is 1.94 bits per heavy atom. The Labute approximate surface area is 183 Å². The normalized spacial score (nSPS) is 12.6. The molecule has 2 aromatic heterocycles. The Morgan fingerprint density at radius 1 is 1.19 bits per heavy atom. The summed E-state index contributed by atoms with van der Waals surface area (Å²) in [5, 5.41) is 14.9. The first-order valence-corrected chi connectivity index (χ1v) is 10.7. The molecule has 168 valence electrons. The molecule has 0 unspecified atom stereocenters. The fourth-order valence-electron chi connectivity index (χ4n) is 3.91. The minimum atomic E-state index is -0.110. The summed E-state index contributed by atoms with van der Waals surface area (Å²) in [6, 6.07) is 5.67. The van der Waals surface area contributed by atoms with Gasteiger partial charge >= 0.3 is 0 Å². The van der Waals surface area contributed by atoms with Crippen molar-refractivity contribution in [3.05, 3.63) is 24.0 Å². The Bertz CT molecular complexity index is 1040. The molecule has 0 spiro atoms. The number of amides is 1. The largest absolute Gasteiger partial charge is 0.497 e. The third kappa shape index (κ3) is 5.04. The van der Waals surface area contributed by atoms with E-state index in [4.69, 9.17) is 9.72 Å². The van der Waals surface area contributed by atoms with Crippen LogP contribution in [-0.4, -0.2) is 70.7 Å². The highest BCUT2D eigenvalue weighted by Gasteiger charge is 2.23. The van der Waals surface area contributed by atoms with Gasteiger partial charge in [0.2, 0.25) is 11.6 Å². The second-order valence-corrected chi connectivity index (χ2v) is 8.30. The van der Waals surface area contributed by atoms with Gasteiger partial charge in [-0.3, -0.25) is 14.1 Å². The zero-order valence-corrected chi connectivity index (χ0v) is 19.3. The van der Waals surface area contributed by atoms with Gasteiger partial charge in [-0.2, -0.15) is 0 Å². The highest BCUT2D eigenvalue weighted by atomic mass is 16.5. The molecule has 3 aromatic rings. The van der Waals surface area contributed by atoms with Gasteiger partial charge in [0.05, 0.1) is 24.2 Å². The number of hydrogen-bond donors (Lipinski definition) is 2. The monoisotopic (exact) mass is 427 g/mol. The van der Waals surface area contributed by atoms with Crippen LogP contribution in [0.3, 0.4) is 0 Å². The number of aromatic nitrogens is 4. The van der Waals surface area contributed by atoms with Crippen molar-refractivity contribution in [2.75, 3.05) is 39.6 Å². The van der Waals surface area contributed by atoms with Crippen molar-refractivity contribution in [2.24, 2.45) is 5.92 Å². The number of carbonyl (C=O) groups excluding carboxylic acids is 1. The number of rotatable bonds is 10. The summed E-state index contributed by atoms with van der Waals surface area (Å²) in [7, 11) is 5.52. The second kappa shape index (κ2) is 9.91. The predicted octanol–water partition coefficient (Wildman–Crippen LogP) is 2.49. The molecule has 1 amide bonds. The lowest BCUT2D eigenvalue weighted by molar-refractivity contribution is -0.126. The number of carbonyl (C=O) groups is 1. The van der Waals surface area contributed by atoms with Crippen LogP contribution in [0.5, 0.6) is 5.75 Å².